The Morgan fingerprint density at radius 2 is 1.84 bits per heavy atom. The number of pyridine rings is 1. The average molecular weight is 454 g/mol. The van der Waals surface area contributed by atoms with Crippen LogP contribution in [0.25, 0.3) is 16.6 Å². The molecule has 5 rings (SSSR count). The topological polar surface area (TPSA) is 39.4 Å². The fourth-order valence-corrected chi connectivity index (χ4v) is 4.39. The number of aryl methyl sites for hydroxylation is 1. The molecule has 0 unspecified atom stereocenters. The second-order valence-electron chi connectivity index (χ2n) is 8.14. The Hall–Kier alpha value is -3.09. The third-order valence-electron chi connectivity index (χ3n) is 6.06. The quantitative estimate of drug-likeness (QED) is 0.458. The van der Waals surface area contributed by atoms with Crippen LogP contribution in [0.1, 0.15) is 16.8 Å². The first kappa shape index (κ1) is 22.1. The van der Waals surface area contributed by atoms with E-state index in [0.29, 0.717) is 12.4 Å². The van der Waals surface area contributed by atoms with E-state index >= 15 is 4.39 Å². The van der Waals surface area contributed by atoms with Crippen molar-refractivity contribution in [1.82, 2.24) is 14.0 Å². The van der Waals surface area contributed by atoms with Gasteiger partial charge in [-0.05, 0) is 36.4 Å². The summed E-state index contributed by atoms with van der Waals surface area (Å²) >= 11 is 0. The lowest BCUT2D eigenvalue weighted by atomic mass is 10.0. The van der Waals surface area contributed by atoms with Crippen LogP contribution in [0.4, 0.5) is 4.39 Å². The van der Waals surface area contributed by atoms with Crippen molar-refractivity contribution in [3.05, 3.63) is 93.8 Å². The van der Waals surface area contributed by atoms with Gasteiger partial charge in [-0.15, -0.1) is 12.4 Å². The van der Waals surface area contributed by atoms with Crippen LogP contribution in [0.2, 0.25) is 0 Å². The van der Waals surface area contributed by atoms with Crippen molar-refractivity contribution in [3.63, 3.8) is 0 Å². The molecule has 0 aliphatic carbocycles. The minimum absolute atomic E-state index is 0. The summed E-state index contributed by atoms with van der Waals surface area (Å²) in [5.74, 6) is 0.0538. The molecule has 0 radical (unpaired) electrons. The van der Waals surface area contributed by atoms with Crippen LogP contribution in [0, 0.1) is 5.82 Å². The molecule has 4 aromatic rings. The second-order valence-corrected chi connectivity index (χ2v) is 8.14. The largest absolute Gasteiger partial charge is 0.489 e. The van der Waals surface area contributed by atoms with E-state index in [1.807, 2.05) is 37.4 Å². The van der Waals surface area contributed by atoms with E-state index < -0.39 is 5.82 Å². The van der Waals surface area contributed by atoms with E-state index in [1.54, 1.807) is 24.4 Å². The number of ether oxygens (including phenoxy) is 1. The third kappa shape index (κ3) is 3.92. The predicted molar refractivity (Wildman–Crippen MR) is 127 cm³/mol. The van der Waals surface area contributed by atoms with E-state index in [1.165, 1.54) is 21.9 Å². The van der Waals surface area contributed by atoms with Crippen molar-refractivity contribution in [2.75, 3.05) is 13.6 Å². The second kappa shape index (κ2) is 8.81. The highest BCUT2D eigenvalue weighted by atomic mass is 35.5. The first-order valence-corrected chi connectivity index (χ1v) is 10.4. The van der Waals surface area contributed by atoms with Crippen LogP contribution < -0.4 is 10.3 Å². The van der Waals surface area contributed by atoms with Gasteiger partial charge in [0.2, 0.25) is 0 Å². The monoisotopic (exact) mass is 453 g/mol. The number of rotatable bonds is 4. The zero-order valence-electron chi connectivity index (χ0n) is 18.0. The van der Waals surface area contributed by atoms with Gasteiger partial charge in [-0.2, -0.15) is 0 Å². The molecule has 0 saturated heterocycles. The molecule has 32 heavy (non-hydrogen) atoms. The highest BCUT2D eigenvalue weighted by molar-refractivity contribution is 5.87. The number of hydrogen-bond acceptors (Lipinski definition) is 3. The van der Waals surface area contributed by atoms with Gasteiger partial charge in [0.25, 0.3) is 5.56 Å². The average Bonchev–Trinajstić information content (AvgIpc) is 3.03. The maximum absolute atomic E-state index is 15.1. The highest BCUT2D eigenvalue weighted by Gasteiger charge is 2.22. The van der Waals surface area contributed by atoms with Gasteiger partial charge < -0.3 is 14.2 Å². The normalized spacial score (nSPS) is 13.6. The van der Waals surface area contributed by atoms with Crippen molar-refractivity contribution in [2.45, 2.75) is 19.6 Å². The van der Waals surface area contributed by atoms with E-state index in [2.05, 4.69) is 16.5 Å². The number of benzene rings is 2. The van der Waals surface area contributed by atoms with Gasteiger partial charge in [0.15, 0.2) is 0 Å². The van der Waals surface area contributed by atoms with Crippen molar-refractivity contribution >= 4 is 23.3 Å². The summed E-state index contributed by atoms with van der Waals surface area (Å²) in [4.78, 5) is 15.0. The number of hydrogen-bond donors (Lipinski definition) is 0. The molecule has 3 heterocycles. The van der Waals surface area contributed by atoms with Gasteiger partial charge in [-0.3, -0.25) is 9.36 Å². The van der Waals surface area contributed by atoms with Crippen molar-refractivity contribution < 1.29 is 9.13 Å². The summed E-state index contributed by atoms with van der Waals surface area (Å²) < 4.78 is 24.3. The number of halogens is 2. The Bertz CT molecular complexity index is 1330. The van der Waals surface area contributed by atoms with Crippen molar-refractivity contribution in [2.24, 2.45) is 7.05 Å². The summed E-state index contributed by atoms with van der Waals surface area (Å²) in [6, 6.07) is 16.2. The third-order valence-corrected chi connectivity index (χ3v) is 6.06. The summed E-state index contributed by atoms with van der Waals surface area (Å²) in [5.41, 5.74) is 4.28. The van der Waals surface area contributed by atoms with Gasteiger partial charge >= 0.3 is 0 Å². The molecule has 7 heteroatoms. The lowest BCUT2D eigenvalue weighted by molar-refractivity contribution is 0.305. The molecule has 5 nitrogen and oxygen atoms in total. The van der Waals surface area contributed by atoms with E-state index in [4.69, 9.17) is 4.74 Å². The van der Waals surface area contributed by atoms with Crippen LogP contribution >= 0.6 is 12.4 Å². The Morgan fingerprint density at radius 1 is 1.06 bits per heavy atom. The highest BCUT2D eigenvalue weighted by Crippen LogP contribution is 2.32. The summed E-state index contributed by atoms with van der Waals surface area (Å²) in [7, 11) is 4.09. The number of aromatic nitrogens is 2. The molecule has 2 aromatic heterocycles. The zero-order chi connectivity index (χ0) is 21.5. The summed E-state index contributed by atoms with van der Waals surface area (Å²) in [5, 5.41) is 0.918. The maximum atomic E-state index is 15.1. The molecular formula is C25H25ClFN3O2. The molecule has 0 amide bonds. The van der Waals surface area contributed by atoms with Gasteiger partial charge in [-0.1, -0.05) is 30.3 Å². The standard InChI is InChI=1S/C25H24FN3O2.ClH/c1-27-10-9-22-20(15-27)19-13-21(26)24(14-23(19)28(22)2)29-11-8-18(12-25(29)30)31-16-17-6-4-3-5-7-17;/h3-8,11-14H,9-10,15-16H2,1-2H3;1H. The summed E-state index contributed by atoms with van der Waals surface area (Å²) in [6.45, 7) is 2.16. The molecule has 2 aromatic carbocycles. The van der Waals surface area contributed by atoms with Crippen LogP contribution in [0.15, 0.2) is 65.6 Å². The Kier molecular flexibility index (Phi) is 6.09. The van der Waals surface area contributed by atoms with Gasteiger partial charge in [0.1, 0.15) is 18.2 Å². The lowest BCUT2D eigenvalue weighted by Crippen LogP contribution is -2.26. The Labute approximate surface area is 192 Å². The van der Waals surface area contributed by atoms with Gasteiger partial charge in [0.05, 0.1) is 11.2 Å². The molecule has 1 aliphatic heterocycles. The fraction of sp³-hybridized carbons (Fsp3) is 0.240. The Morgan fingerprint density at radius 3 is 2.59 bits per heavy atom. The maximum Gasteiger partial charge on any atom is 0.258 e. The smallest absolute Gasteiger partial charge is 0.258 e. The van der Waals surface area contributed by atoms with Gasteiger partial charge in [0, 0.05) is 49.9 Å². The molecule has 0 saturated carbocycles. The molecule has 166 valence electrons. The van der Waals surface area contributed by atoms with Crippen molar-refractivity contribution in [1.29, 1.82) is 0 Å². The molecule has 0 bridgehead atoms. The minimum atomic E-state index is -0.408. The Balaban J connectivity index is 0.00000245. The molecule has 0 spiro atoms. The predicted octanol–water partition coefficient (Wildman–Crippen LogP) is 4.46. The van der Waals surface area contributed by atoms with Crippen LogP contribution in [-0.4, -0.2) is 27.6 Å². The van der Waals surface area contributed by atoms with Crippen LogP contribution in [-0.2, 0) is 26.6 Å². The van der Waals surface area contributed by atoms with Crippen LogP contribution in [0.3, 0.4) is 0 Å². The number of fused-ring (bicyclic) bond motifs is 3. The van der Waals surface area contributed by atoms with Crippen LogP contribution in [0.5, 0.6) is 5.75 Å². The zero-order valence-corrected chi connectivity index (χ0v) is 18.9. The molecule has 0 atom stereocenters. The SMILES string of the molecule is CN1CCc2c(c3cc(F)c(-n4ccc(OCc5ccccc5)cc4=O)cc3n2C)C1.Cl. The van der Waals surface area contributed by atoms with E-state index in [9.17, 15) is 4.79 Å². The van der Waals surface area contributed by atoms with Crippen molar-refractivity contribution in [3.8, 4) is 11.4 Å². The molecule has 0 fully saturated rings. The first-order chi connectivity index (χ1) is 15.0. The van der Waals surface area contributed by atoms with E-state index in [0.717, 1.165) is 36.0 Å². The number of likely N-dealkylation sites (N-methyl/N-ethyl adjacent to an activating group) is 1. The summed E-state index contributed by atoms with van der Waals surface area (Å²) in [6.07, 6.45) is 2.50. The fourth-order valence-electron chi connectivity index (χ4n) is 4.39. The lowest BCUT2D eigenvalue weighted by Gasteiger charge is -2.23. The van der Waals surface area contributed by atoms with Gasteiger partial charge in [-0.25, -0.2) is 4.39 Å². The molecule has 0 N–H and O–H groups in total. The van der Waals surface area contributed by atoms with E-state index in [-0.39, 0.29) is 23.7 Å². The first-order valence-electron chi connectivity index (χ1n) is 10.4. The minimum Gasteiger partial charge on any atom is -0.489 e. The molecular weight excluding hydrogens is 429 g/mol. The molecule has 1 aliphatic rings. The number of nitrogens with zero attached hydrogens (tertiary/aromatic N) is 3.